The summed E-state index contributed by atoms with van der Waals surface area (Å²) in [4.78, 5) is 0. The Labute approximate surface area is 116 Å². The summed E-state index contributed by atoms with van der Waals surface area (Å²) in [6.07, 6.45) is 8.33. The molecular formula is C17H24FN. The van der Waals surface area contributed by atoms with Crippen LogP contribution in [0.5, 0.6) is 0 Å². The van der Waals surface area contributed by atoms with Crippen molar-refractivity contribution in [2.75, 3.05) is 5.73 Å². The maximum atomic E-state index is 12.5. The fourth-order valence-electron chi connectivity index (χ4n) is 2.24. The number of allylic oxidation sites excluding steroid dienone is 4. The van der Waals surface area contributed by atoms with Crippen LogP contribution >= 0.6 is 0 Å². The first-order valence-electron chi connectivity index (χ1n) is 6.89. The van der Waals surface area contributed by atoms with Crippen LogP contribution in [0.15, 0.2) is 42.3 Å². The van der Waals surface area contributed by atoms with Crippen molar-refractivity contribution >= 4 is 5.69 Å². The molecule has 2 heteroatoms. The van der Waals surface area contributed by atoms with E-state index in [1.54, 1.807) is 6.08 Å². The zero-order chi connectivity index (χ0) is 14.3. The lowest BCUT2D eigenvalue weighted by Crippen LogP contribution is -2.02. The van der Waals surface area contributed by atoms with Gasteiger partial charge in [0, 0.05) is 5.69 Å². The van der Waals surface area contributed by atoms with Crippen LogP contribution in [0.4, 0.5) is 10.1 Å². The molecule has 0 radical (unpaired) electrons. The van der Waals surface area contributed by atoms with E-state index < -0.39 is 0 Å². The molecule has 0 aromatic heterocycles. The van der Waals surface area contributed by atoms with Crippen molar-refractivity contribution in [3.05, 3.63) is 53.4 Å². The fourth-order valence-corrected chi connectivity index (χ4v) is 2.24. The van der Waals surface area contributed by atoms with Crippen LogP contribution in [0.3, 0.4) is 0 Å². The molecule has 1 aromatic rings. The van der Waals surface area contributed by atoms with Gasteiger partial charge in [0.1, 0.15) is 0 Å². The zero-order valence-corrected chi connectivity index (χ0v) is 12.1. The third kappa shape index (κ3) is 5.29. The van der Waals surface area contributed by atoms with Gasteiger partial charge in [-0.3, -0.25) is 0 Å². The summed E-state index contributed by atoms with van der Waals surface area (Å²) < 4.78 is 12.5. The number of anilines is 1. The highest BCUT2D eigenvalue weighted by atomic mass is 19.1. The number of aryl methyl sites for hydroxylation is 1. The predicted molar refractivity (Wildman–Crippen MR) is 81.9 cm³/mol. The Hall–Kier alpha value is -1.57. The van der Waals surface area contributed by atoms with Gasteiger partial charge in [0.15, 0.2) is 0 Å². The molecule has 0 aliphatic carbocycles. The van der Waals surface area contributed by atoms with Crippen molar-refractivity contribution < 1.29 is 4.39 Å². The number of hydrogen-bond donors (Lipinski definition) is 1. The molecule has 0 amide bonds. The largest absolute Gasteiger partial charge is 0.398 e. The van der Waals surface area contributed by atoms with E-state index in [2.05, 4.69) is 26.0 Å². The minimum Gasteiger partial charge on any atom is -0.398 e. The Balaban J connectivity index is 2.63. The molecule has 104 valence electrons. The molecule has 2 N–H and O–H groups in total. The maximum Gasteiger partial charge on any atom is 0.0968 e. The number of hydrogen-bond acceptors (Lipinski definition) is 1. The number of nitrogens with two attached hydrogens (primary N) is 1. The van der Waals surface area contributed by atoms with Gasteiger partial charge in [0.2, 0.25) is 0 Å². The van der Waals surface area contributed by atoms with Gasteiger partial charge in [-0.05, 0) is 62.3 Å². The van der Waals surface area contributed by atoms with Gasteiger partial charge in [-0.25, -0.2) is 4.39 Å². The lowest BCUT2D eigenvalue weighted by atomic mass is 9.90. The molecule has 0 fully saturated rings. The molecule has 0 aliphatic heterocycles. The predicted octanol–water partition coefficient (Wildman–Crippen LogP) is 5.28. The Morgan fingerprint density at radius 3 is 2.74 bits per heavy atom. The van der Waals surface area contributed by atoms with Crippen molar-refractivity contribution in [3.8, 4) is 0 Å². The normalized spacial score (nSPS) is 14.0. The number of nitrogen functional groups attached to an aromatic ring is 1. The van der Waals surface area contributed by atoms with Crippen LogP contribution in [0.1, 0.15) is 50.2 Å². The molecule has 0 heterocycles. The number of benzene rings is 1. The zero-order valence-electron chi connectivity index (χ0n) is 12.1. The summed E-state index contributed by atoms with van der Waals surface area (Å²) in [7, 11) is 0. The van der Waals surface area contributed by atoms with E-state index in [9.17, 15) is 4.39 Å². The van der Waals surface area contributed by atoms with E-state index in [4.69, 9.17) is 5.73 Å². The quantitative estimate of drug-likeness (QED) is 0.547. The van der Waals surface area contributed by atoms with Crippen LogP contribution in [-0.2, 0) is 0 Å². The highest BCUT2D eigenvalue weighted by Gasteiger charge is 2.11. The van der Waals surface area contributed by atoms with Crippen molar-refractivity contribution in [1.29, 1.82) is 0 Å². The monoisotopic (exact) mass is 261 g/mol. The Kier molecular flexibility index (Phi) is 6.34. The molecule has 19 heavy (non-hydrogen) atoms. The summed E-state index contributed by atoms with van der Waals surface area (Å²) in [6, 6.07) is 6.27. The summed E-state index contributed by atoms with van der Waals surface area (Å²) in [5.41, 5.74) is 9.40. The first-order chi connectivity index (χ1) is 9.04. The lowest BCUT2D eigenvalue weighted by Gasteiger charge is -2.17. The molecule has 1 atom stereocenters. The third-order valence-corrected chi connectivity index (χ3v) is 3.32. The standard InChI is InChI=1S/C17H24FN/c1-4-15(9-7-5-6-8-14(3)18)16-11-10-13(2)12-17(16)19/h5-6,8,10-12,15H,4,7,9,19H2,1-3H3/b6-5-,14-8+. The van der Waals surface area contributed by atoms with E-state index in [0.29, 0.717) is 5.92 Å². The van der Waals surface area contributed by atoms with E-state index >= 15 is 0 Å². The second kappa shape index (κ2) is 7.78. The second-order valence-corrected chi connectivity index (χ2v) is 5.00. The average molecular weight is 261 g/mol. The summed E-state index contributed by atoms with van der Waals surface area (Å²) >= 11 is 0. The van der Waals surface area contributed by atoms with Gasteiger partial charge in [-0.1, -0.05) is 31.2 Å². The molecule has 0 saturated heterocycles. The van der Waals surface area contributed by atoms with Crippen molar-refractivity contribution in [3.63, 3.8) is 0 Å². The topological polar surface area (TPSA) is 26.0 Å². The van der Waals surface area contributed by atoms with Gasteiger partial charge in [0.05, 0.1) is 5.83 Å². The van der Waals surface area contributed by atoms with E-state index in [0.717, 1.165) is 24.9 Å². The third-order valence-electron chi connectivity index (χ3n) is 3.32. The molecule has 0 saturated carbocycles. The average Bonchev–Trinajstić information content (AvgIpc) is 2.34. The van der Waals surface area contributed by atoms with Crippen molar-refractivity contribution in [1.82, 2.24) is 0 Å². The minimum atomic E-state index is -0.161. The first kappa shape index (κ1) is 15.5. The van der Waals surface area contributed by atoms with Gasteiger partial charge in [-0.2, -0.15) is 0 Å². The molecule has 1 aromatic carbocycles. The van der Waals surface area contributed by atoms with Crippen LogP contribution in [0.2, 0.25) is 0 Å². The second-order valence-electron chi connectivity index (χ2n) is 5.00. The van der Waals surface area contributed by atoms with Crippen LogP contribution in [0, 0.1) is 6.92 Å². The number of halogens is 1. The Morgan fingerprint density at radius 1 is 1.42 bits per heavy atom. The van der Waals surface area contributed by atoms with Gasteiger partial charge >= 0.3 is 0 Å². The summed E-state index contributed by atoms with van der Waals surface area (Å²) in [6.45, 7) is 5.68. The van der Waals surface area contributed by atoms with E-state index in [1.165, 1.54) is 24.1 Å². The van der Waals surface area contributed by atoms with Crippen LogP contribution in [-0.4, -0.2) is 0 Å². The molecule has 0 aliphatic rings. The van der Waals surface area contributed by atoms with Crippen molar-refractivity contribution in [2.45, 2.75) is 46.0 Å². The molecule has 1 nitrogen and oxygen atoms in total. The molecule has 0 bridgehead atoms. The summed E-state index contributed by atoms with van der Waals surface area (Å²) in [5.74, 6) is 0.312. The molecule has 1 rings (SSSR count). The van der Waals surface area contributed by atoms with Crippen LogP contribution < -0.4 is 5.73 Å². The molecule has 0 spiro atoms. The van der Waals surface area contributed by atoms with Gasteiger partial charge < -0.3 is 5.73 Å². The van der Waals surface area contributed by atoms with E-state index in [-0.39, 0.29) is 5.83 Å². The minimum absolute atomic E-state index is 0.161. The van der Waals surface area contributed by atoms with Gasteiger partial charge in [-0.15, -0.1) is 0 Å². The molecule has 1 unspecified atom stereocenters. The van der Waals surface area contributed by atoms with Crippen LogP contribution in [0.25, 0.3) is 0 Å². The van der Waals surface area contributed by atoms with Crippen molar-refractivity contribution in [2.24, 2.45) is 0 Å². The highest BCUT2D eigenvalue weighted by Crippen LogP contribution is 2.30. The lowest BCUT2D eigenvalue weighted by molar-refractivity contribution is 0.614. The first-order valence-corrected chi connectivity index (χ1v) is 6.89. The molecular weight excluding hydrogens is 237 g/mol. The smallest absolute Gasteiger partial charge is 0.0968 e. The van der Waals surface area contributed by atoms with Gasteiger partial charge in [0.25, 0.3) is 0 Å². The SMILES string of the molecule is CCC(CC/C=C\C=C(/C)F)c1ccc(C)cc1N. The van der Waals surface area contributed by atoms with E-state index in [1.807, 2.05) is 12.1 Å². The highest BCUT2D eigenvalue weighted by molar-refractivity contribution is 5.50. The Bertz CT molecular complexity index is 456. The summed E-state index contributed by atoms with van der Waals surface area (Å²) in [5, 5.41) is 0. The fraction of sp³-hybridized carbons (Fsp3) is 0.412. The number of rotatable bonds is 6. The maximum absolute atomic E-state index is 12.5. The Morgan fingerprint density at radius 2 is 2.16 bits per heavy atom.